The minimum Gasteiger partial charge on any atom is -0.385 e. The van der Waals surface area contributed by atoms with Crippen LogP contribution in [0.5, 0.6) is 0 Å². The van der Waals surface area contributed by atoms with Crippen molar-refractivity contribution in [3.05, 3.63) is 35.4 Å². The minimum absolute atomic E-state index is 0.524. The number of hydrogen-bond donors (Lipinski definition) is 1. The van der Waals surface area contributed by atoms with E-state index < -0.39 is 0 Å². The number of benzene rings is 1. The van der Waals surface area contributed by atoms with E-state index in [2.05, 4.69) is 43.4 Å². The predicted octanol–water partition coefficient (Wildman–Crippen LogP) is 2.94. The van der Waals surface area contributed by atoms with Crippen molar-refractivity contribution in [1.29, 1.82) is 0 Å². The first kappa shape index (κ1) is 14.2. The van der Waals surface area contributed by atoms with Crippen LogP contribution < -0.4 is 5.32 Å². The van der Waals surface area contributed by atoms with E-state index >= 15 is 0 Å². The Bertz CT molecular complexity index is 304. The fourth-order valence-corrected chi connectivity index (χ4v) is 1.99. The molecule has 1 unspecified atom stereocenters. The Hall–Kier alpha value is -0.860. The maximum absolute atomic E-state index is 5.18. The quantitative estimate of drug-likeness (QED) is 0.748. The van der Waals surface area contributed by atoms with Gasteiger partial charge in [-0.3, -0.25) is 0 Å². The van der Waals surface area contributed by atoms with Gasteiger partial charge in [0.25, 0.3) is 0 Å². The molecule has 0 fully saturated rings. The van der Waals surface area contributed by atoms with Gasteiger partial charge in [-0.05, 0) is 43.9 Å². The summed E-state index contributed by atoms with van der Waals surface area (Å²) in [5, 5.41) is 3.60. The average Bonchev–Trinajstić information content (AvgIpc) is 2.35. The van der Waals surface area contributed by atoms with E-state index in [0.29, 0.717) is 6.04 Å². The topological polar surface area (TPSA) is 21.3 Å². The van der Waals surface area contributed by atoms with Crippen LogP contribution in [0.25, 0.3) is 0 Å². The van der Waals surface area contributed by atoms with Crippen molar-refractivity contribution in [3.8, 4) is 0 Å². The lowest BCUT2D eigenvalue weighted by atomic mass is 9.99. The Balaban J connectivity index is 2.55. The van der Waals surface area contributed by atoms with Crippen molar-refractivity contribution in [2.75, 3.05) is 20.3 Å². The minimum atomic E-state index is 0.524. The lowest BCUT2D eigenvalue weighted by molar-refractivity contribution is 0.182. The summed E-state index contributed by atoms with van der Waals surface area (Å²) in [5.74, 6) is 0. The van der Waals surface area contributed by atoms with Crippen LogP contribution in [0.4, 0.5) is 0 Å². The molecule has 0 aromatic heterocycles. The van der Waals surface area contributed by atoms with Crippen LogP contribution in [0.2, 0.25) is 0 Å². The third-order valence-corrected chi connectivity index (χ3v) is 3.08. The van der Waals surface area contributed by atoms with E-state index in [1.807, 2.05) is 0 Å². The zero-order chi connectivity index (χ0) is 12.5. The maximum atomic E-state index is 5.18. The summed E-state index contributed by atoms with van der Waals surface area (Å²) in [6, 6.07) is 9.15. The largest absolute Gasteiger partial charge is 0.385 e. The van der Waals surface area contributed by atoms with Gasteiger partial charge < -0.3 is 10.1 Å². The van der Waals surface area contributed by atoms with E-state index in [0.717, 1.165) is 26.0 Å². The number of nitrogens with one attached hydrogen (secondary N) is 1. The van der Waals surface area contributed by atoms with Crippen LogP contribution >= 0.6 is 0 Å². The predicted molar refractivity (Wildman–Crippen MR) is 73.5 cm³/mol. The van der Waals surface area contributed by atoms with Gasteiger partial charge in [0.2, 0.25) is 0 Å². The molecule has 96 valence electrons. The first-order chi connectivity index (χ1) is 8.27. The molecule has 2 heteroatoms. The van der Waals surface area contributed by atoms with Gasteiger partial charge in [-0.1, -0.05) is 31.2 Å². The maximum Gasteiger partial charge on any atom is 0.0477 e. The molecule has 1 atom stereocenters. The monoisotopic (exact) mass is 235 g/mol. The number of aryl methyl sites for hydroxylation is 1. The normalized spacial score (nSPS) is 12.6. The molecule has 0 saturated heterocycles. The second kappa shape index (κ2) is 8.26. The van der Waals surface area contributed by atoms with Crippen LogP contribution in [-0.4, -0.2) is 26.3 Å². The number of methoxy groups -OCH3 is 1. The molecule has 0 amide bonds. The van der Waals surface area contributed by atoms with Crippen molar-refractivity contribution >= 4 is 0 Å². The van der Waals surface area contributed by atoms with Gasteiger partial charge in [0, 0.05) is 19.8 Å². The standard InChI is InChI=1S/C15H25NO/c1-4-10-16-15(9-11-17-3)12-14-8-6-5-7-13(14)2/h5-8,15-16H,4,9-12H2,1-3H3. The van der Waals surface area contributed by atoms with Crippen LogP contribution in [-0.2, 0) is 11.2 Å². The molecule has 0 radical (unpaired) electrons. The summed E-state index contributed by atoms with van der Waals surface area (Å²) >= 11 is 0. The fraction of sp³-hybridized carbons (Fsp3) is 0.600. The van der Waals surface area contributed by atoms with Gasteiger partial charge in [-0.2, -0.15) is 0 Å². The molecule has 1 rings (SSSR count). The van der Waals surface area contributed by atoms with E-state index in [1.54, 1.807) is 7.11 Å². The molecular weight excluding hydrogens is 210 g/mol. The van der Waals surface area contributed by atoms with E-state index in [4.69, 9.17) is 4.74 Å². The smallest absolute Gasteiger partial charge is 0.0477 e. The lowest BCUT2D eigenvalue weighted by Gasteiger charge is -2.19. The van der Waals surface area contributed by atoms with Crippen molar-refractivity contribution in [2.45, 2.75) is 39.2 Å². The Labute approximate surface area is 105 Å². The SMILES string of the molecule is CCCNC(CCOC)Cc1ccccc1C. The molecule has 17 heavy (non-hydrogen) atoms. The molecule has 0 aliphatic carbocycles. The van der Waals surface area contributed by atoms with Crippen molar-refractivity contribution in [1.82, 2.24) is 5.32 Å². The van der Waals surface area contributed by atoms with Crippen molar-refractivity contribution in [2.24, 2.45) is 0 Å². The fourth-order valence-electron chi connectivity index (χ4n) is 1.99. The van der Waals surface area contributed by atoms with Crippen molar-refractivity contribution in [3.63, 3.8) is 0 Å². The molecule has 1 aromatic carbocycles. The summed E-state index contributed by atoms with van der Waals surface area (Å²) in [6.45, 7) is 6.30. The average molecular weight is 235 g/mol. The summed E-state index contributed by atoms with van der Waals surface area (Å²) in [7, 11) is 1.77. The van der Waals surface area contributed by atoms with Gasteiger partial charge in [0.1, 0.15) is 0 Å². The molecule has 0 bridgehead atoms. The third-order valence-electron chi connectivity index (χ3n) is 3.08. The highest BCUT2D eigenvalue weighted by atomic mass is 16.5. The zero-order valence-electron chi connectivity index (χ0n) is 11.3. The molecular formula is C15H25NO. The molecule has 1 aromatic rings. The van der Waals surface area contributed by atoms with Gasteiger partial charge >= 0.3 is 0 Å². The molecule has 2 nitrogen and oxygen atoms in total. The molecule has 0 aliphatic heterocycles. The van der Waals surface area contributed by atoms with E-state index in [9.17, 15) is 0 Å². The van der Waals surface area contributed by atoms with Gasteiger partial charge in [-0.25, -0.2) is 0 Å². The van der Waals surface area contributed by atoms with Crippen LogP contribution in [0.15, 0.2) is 24.3 Å². The first-order valence-corrected chi connectivity index (χ1v) is 6.54. The highest BCUT2D eigenvalue weighted by molar-refractivity contribution is 5.26. The van der Waals surface area contributed by atoms with Crippen molar-refractivity contribution < 1.29 is 4.74 Å². The van der Waals surface area contributed by atoms with Crippen LogP contribution in [0.1, 0.15) is 30.9 Å². The zero-order valence-corrected chi connectivity index (χ0v) is 11.3. The Morgan fingerprint density at radius 3 is 2.71 bits per heavy atom. The Kier molecular flexibility index (Phi) is 6.90. The first-order valence-electron chi connectivity index (χ1n) is 6.54. The lowest BCUT2D eigenvalue weighted by Crippen LogP contribution is -2.33. The molecule has 0 aliphatic rings. The molecule has 0 saturated carbocycles. The van der Waals surface area contributed by atoms with Gasteiger partial charge in [0.05, 0.1) is 0 Å². The molecule has 0 spiro atoms. The number of hydrogen-bond acceptors (Lipinski definition) is 2. The van der Waals surface area contributed by atoms with E-state index in [-0.39, 0.29) is 0 Å². The molecule has 0 heterocycles. The van der Waals surface area contributed by atoms with E-state index in [1.165, 1.54) is 17.5 Å². The number of rotatable bonds is 8. The Morgan fingerprint density at radius 1 is 1.29 bits per heavy atom. The van der Waals surface area contributed by atoms with Gasteiger partial charge in [-0.15, -0.1) is 0 Å². The molecule has 1 N–H and O–H groups in total. The summed E-state index contributed by atoms with van der Waals surface area (Å²) < 4.78 is 5.18. The highest BCUT2D eigenvalue weighted by Crippen LogP contribution is 2.11. The second-order valence-electron chi connectivity index (χ2n) is 4.56. The third kappa shape index (κ3) is 5.33. The highest BCUT2D eigenvalue weighted by Gasteiger charge is 2.09. The number of ether oxygens (including phenoxy) is 1. The summed E-state index contributed by atoms with van der Waals surface area (Å²) in [4.78, 5) is 0. The van der Waals surface area contributed by atoms with Crippen LogP contribution in [0.3, 0.4) is 0 Å². The second-order valence-corrected chi connectivity index (χ2v) is 4.56. The summed E-state index contributed by atoms with van der Waals surface area (Å²) in [5.41, 5.74) is 2.82. The van der Waals surface area contributed by atoms with Gasteiger partial charge in [0.15, 0.2) is 0 Å². The van der Waals surface area contributed by atoms with Crippen LogP contribution in [0, 0.1) is 6.92 Å². The summed E-state index contributed by atoms with van der Waals surface area (Å²) in [6.07, 6.45) is 3.35. The Morgan fingerprint density at radius 2 is 2.06 bits per heavy atom.